The number of hydrogen-bond acceptors (Lipinski definition) is 30. The molecule has 12 aliphatic rings. The van der Waals surface area contributed by atoms with Gasteiger partial charge in [-0.3, -0.25) is 0 Å². The summed E-state index contributed by atoms with van der Waals surface area (Å²) in [5, 5.41) is 24.5. The van der Waals surface area contributed by atoms with E-state index >= 15 is 0 Å². The van der Waals surface area contributed by atoms with Crippen LogP contribution in [0.25, 0.3) is 61.3 Å². The van der Waals surface area contributed by atoms with Crippen molar-refractivity contribution in [3.63, 3.8) is 0 Å². The Morgan fingerprint density at radius 2 is 0.470 bits per heavy atom. The third-order valence-corrected chi connectivity index (χ3v) is 34.4. The van der Waals surface area contributed by atoms with Crippen LogP contribution in [-0.2, 0) is 76.7 Å². The van der Waals surface area contributed by atoms with E-state index in [1.54, 1.807) is 46.5 Å². The number of aryl methyl sites for hydroxylation is 12. The topological polar surface area (TPSA) is 246 Å². The van der Waals surface area contributed by atoms with Crippen LogP contribution in [-0.4, -0.2) is 246 Å². The van der Waals surface area contributed by atoms with Gasteiger partial charge in [-0.1, -0.05) is 0 Å². The van der Waals surface area contributed by atoms with Crippen molar-refractivity contribution in [1.82, 2.24) is 89.2 Å². The first-order chi connectivity index (χ1) is 79.3. The average molecular weight is 1940 g/mol. The van der Waals surface area contributed by atoms with E-state index in [0.717, 1.165) is 174 Å². The maximum atomic E-state index is 8.39. The van der Waals surface area contributed by atoms with E-state index in [4.69, 9.17) is 53.5 Å². The molecule has 0 aromatic carbocycles. The largest absolute Gasteiger partial charge is 0.367 e. The van der Waals surface area contributed by atoms with Crippen LogP contribution in [0.15, 0.2) is 38.0 Å². The van der Waals surface area contributed by atoms with E-state index in [1.807, 2.05) is 11.3 Å². The maximum absolute atomic E-state index is 8.39. The lowest BCUT2D eigenvalue weighted by Gasteiger charge is -2.33. The van der Waals surface area contributed by atoms with Gasteiger partial charge in [0, 0.05) is 155 Å². The number of hydrogen-bond donors (Lipinski definition) is 6. The van der Waals surface area contributed by atoms with E-state index in [0.29, 0.717) is 144 Å². The summed E-state index contributed by atoms with van der Waals surface area (Å²) >= 11 is 7.54. The molecular formula is C102H144N24S6. The molecule has 0 bridgehead atoms. The van der Waals surface area contributed by atoms with Crippen molar-refractivity contribution in [3.05, 3.63) is 101 Å². The minimum absolute atomic E-state index is 0.00399. The fraction of sp³-hybridized carbons (Fsp3) is 0.647. The molecule has 6 fully saturated rings. The van der Waals surface area contributed by atoms with Crippen molar-refractivity contribution < 1.29 is 53.5 Å². The van der Waals surface area contributed by atoms with E-state index < -0.39 is 111 Å². The van der Waals surface area contributed by atoms with Gasteiger partial charge in [-0.05, 0) is 387 Å². The number of aromatic nitrogens is 12. The van der Waals surface area contributed by atoms with Gasteiger partial charge in [0.25, 0.3) is 0 Å². The van der Waals surface area contributed by atoms with Gasteiger partial charge in [-0.2, -0.15) is 0 Å². The smallest absolute Gasteiger partial charge is 0.138 e. The van der Waals surface area contributed by atoms with Crippen molar-refractivity contribution >= 4 is 164 Å². The standard InChI is InChI=1S/6C17H24N4S/c6*1-21(2)12-8-6-11(7-9-12)20-16-15-13-4-3-5-14(13)22-17(15)19-10-18-16/h6*10-12H,3-9H2,1-2H3,(H,18,19,20)/i1D3,3D2,4D2,5D2;3D2,4D2,5D2;1D3,4D2,5D2;1D3,3D2,5D2;1D3,3D2,4D2;1D3. The van der Waals surface area contributed by atoms with Crippen LogP contribution in [0.3, 0.4) is 0 Å². The third kappa shape index (κ3) is 21.2. The monoisotopic (exact) mass is 1940 g/mol. The average Bonchev–Trinajstić information content (AvgIpc) is 1.51. The lowest BCUT2D eigenvalue weighted by atomic mass is 9.90. The molecular weight excluding hydrogens is 1750 g/mol. The second-order valence-electron chi connectivity index (χ2n) is 36.7. The van der Waals surface area contributed by atoms with Gasteiger partial charge in [0.1, 0.15) is 102 Å². The zero-order valence-corrected chi connectivity index (χ0v) is 80.5. The molecule has 12 heterocycles. The molecule has 30 heteroatoms. The Labute approximate surface area is 861 Å². The van der Waals surface area contributed by atoms with Crippen LogP contribution in [0.5, 0.6) is 0 Å². The van der Waals surface area contributed by atoms with E-state index in [9.17, 15) is 0 Å². The Hall–Kier alpha value is -7.20. The molecule has 12 aliphatic carbocycles. The van der Waals surface area contributed by atoms with Crippen LogP contribution in [0, 0.1) is 0 Å². The summed E-state index contributed by atoms with van der Waals surface area (Å²) in [6.45, 7) is -10.4. The second kappa shape index (κ2) is 42.8. The molecule has 6 saturated carbocycles. The summed E-state index contributed by atoms with van der Waals surface area (Å²) in [6.07, 6.45) is 5.28. The highest BCUT2D eigenvalue weighted by Gasteiger charge is 2.35. The molecule has 12 aromatic heterocycles. The Bertz CT molecular complexity index is 7710. The Balaban J connectivity index is 0.000000125. The Morgan fingerprint density at radius 1 is 0.235 bits per heavy atom. The molecule has 0 saturated heterocycles. The van der Waals surface area contributed by atoms with Gasteiger partial charge < -0.3 is 61.3 Å². The third-order valence-electron chi connectivity index (χ3n) is 28.0. The number of anilines is 6. The number of fused-ring (bicyclic) bond motifs is 18. The van der Waals surface area contributed by atoms with Crippen molar-refractivity contribution in [3.8, 4) is 0 Å². The number of rotatable bonds is 18. The summed E-state index contributed by atoms with van der Waals surface area (Å²) < 4.78 is 311. The zero-order valence-electron chi connectivity index (χ0n) is 115. The minimum Gasteiger partial charge on any atom is -0.367 e. The molecule has 132 heavy (non-hydrogen) atoms. The summed E-state index contributed by atoms with van der Waals surface area (Å²) in [6, 6.07) is 1.60. The fourth-order valence-electron chi connectivity index (χ4n) is 20.5. The van der Waals surface area contributed by atoms with Crippen molar-refractivity contribution in [2.75, 3.05) is 116 Å². The molecule has 12 aromatic rings. The molecule has 24 rings (SSSR count). The molecule has 0 amide bonds. The maximum Gasteiger partial charge on any atom is 0.138 e. The number of thiophene rings is 6. The molecule has 0 aliphatic heterocycles. The quantitative estimate of drug-likeness (QED) is 0.0467. The first-order valence-corrected chi connectivity index (χ1v) is 51.3. The van der Waals surface area contributed by atoms with Crippen LogP contribution < -0.4 is 31.9 Å². The van der Waals surface area contributed by atoms with Gasteiger partial charge in [0.05, 0.1) is 32.3 Å². The SMILES string of the molecule is [2H]C([2H])([2H])N(C)C1CCC(Nc2ncnc3sc4c(c23)C([2H])([2H])C([2H])([2H])C4([2H])[2H])CC1.[2H]C([2H])([2H])N(C)C1CCC(Nc2ncnc3sc4c(c23)C([2H])([2H])C([2H])([2H])C4)CC1.[2H]C([2H])([2H])N(C)C1CCC(Nc2ncnc3sc4c(c23)CC([2H])([2H])C4([2H])[2H])CC1.[2H]C([2H])([2H])N(C)C1CCC(Nc2ncnc3sc4c(c23)CCC4)CC1.[2H]C1([2H])CC([2H])([2H])c2c1sc1ncnc(NC3CCC(N(C)C([2H])([2H])[2H])CC3)c21.[2H]C1([2H])c2sc3ncnc(NC4CCC(N(C)C)CC4)c3c2C([2H])([2H])C1([2H])[2H]. The first-order valence-electron chi connectivity index (χ1n) is 65.9. The van der Waals surface area contributed by atoms with E-state index in [2.05, 4.69) is 111 Å². The predicted octanol–water partition coefficient (Wildman–Crippen LogP) is 20.8. The van der Waals surface area contributed by atoms with E-state index in [-0.39, 0.29) is 101 Å². The molecule has 6 N–H and O–H groups in total. The van der Waals surface area contributed by atoms with Crippen molar-refractivity contribution in [2.24, 2.45) is 0 Å². The normalized spacial score (nSPS) is 34.3. The van der Waals surface area contributed by atoms with Gasteiger partial charge in [0.2, 0.25) is 0 Å². The van der Waals surface area contributed by atoms with Crippen LogP contribution in [0.1, 0.15) is 309 Å². The van der Waals surface area contributed by atoms with Gasteiger partial charge in [-0.15, -0.1) is 68.0 Å². The summed E-state index contributed by atoms with van der Waals surface area (Å²) in [5.41, 5.74) is 2.91. The molecule has 0 unspecified atom stereocenters. The summed E-state index contributed by atoms with van der Waals surface area (Å²) in [5.74, 6) is 3.52. The highest BCUT2D eigenvalue weighted by Crippen LogP contribution is 2.47. The molecule has 0 spiro atoms. The van der Waals surface area contributed by atoms with Gasteiger partial charge >= 0.3 is 0 Å². The molecule has 0 atom stereocenters. The fourth-order valence-corrected chi connectivity index (χ4v) is 26.7. The molecule has 24 nitrogen and oxygen atoms in total. The van der Waals surface area contributed by atoms with Crippen LogP contribution in [0.2, 0.25) is 0 Å². The van der Waals surface area contributed by atoms with Crippen LogP contribution >= 0.6 is 68.0 Å². The van der Waals surface area contributed by atoms with Gasteiger partial charge in [0.15, 0.2) is 0 Å². The summed E-state index contributed by atoms with van der Waals surface area (Å²) in [7, 11) is 12.4. The zero-order chi connectivity index (χ0) is 125. The first kappa shape index (κ1) is 57.9. The minimum atomic E-state index is -2.72. The Kier molecular flexibility index (Phi) is 18.8. The second-order valence-corrected chi connectivity index (χ2v) is 42.8. The van der Waals surface area contributed by atoms with Crippen LogP contribution in [0.4, 0.5) is 34.9 Å². The van der Waals surface area contributed by atoms with E-state index in [1.165, 1.54) is 114 Å². The highest BCUT2D eigenvalue weighted by molar-refractivity contribution is 7.20. The number of nitrogens with zero attached hydrogens (tertiary/aromatic N) is 18. The lowest BCUT2D eigenvalue weighted by Crippen LogP contribution is -2.36. The number of nitrogens with one attached hydrogen (secondary N) is 6. The predicted molar refractivity (Wildman–Crippen MR) is 557 cm³/mol. The lowest BCUT2D eigenvalue weighted by molar-refractivity contribution is 0.221. The highest BCUT2D eigenvalue weighted by atomic mass is 32.1. The van der Waals surface area contributed by atoms with Crippen molar-refractivity contribution in [1.29, 1.82) is 0 Å². The molecule has 0 radical (unpaired) electrons. The Morgan fingerprint density at radius 3 is 0.780 bits per heavy atom. The van der Waals surface area contributed by atoms with Crippen molar-refractivity contribution in [2.45, 2.75) is 342 Å². The molecule has 708 valence electrons. The van der Waals surface area contributed by atoms with Gasteiger partial charge in [-0.25, -0.2) is 59.8 Å². The summed E-state index contributed by atoms with van der Waals surface area (Å²) in [4.78, 5) is 68.5.